The summed E-state index contributed by atoms with van der Waals surface area (Å²) in [6, 6.07) is 7.76. The molecule has 5 heteroatoms. The molecule has 0 unspecified atom stereocenters. The van der Waals surface area contributed by atoms with Crippen LogP contribution in [0.2, 0.25) is 0 Å². The smallest absolute Gasteiger partial charge is 0.379 e. The standard InChI is InChI=1S/C13H14N2O3/c1-3-9-5-7-10(8-6-9)12-14-11(15-18-12)13(16)17-4-2/h5-8H,3-4H2,1-2H3. The lowest BCUT2D eigenvalue weighted by atomic mass is 10.1. The van der Waals surface area contributed by atoms with Gasteiger partial charge in [-0.2, -0.15) is 4.98 Å². The Kier molecular flexibility index (Phi) is 3.72. The monoisotopic (exact) mass is 246 g/mol. The van der Waals surface area contributed by atoms with E-state index in [9.17, 15) is 4.79 Å². The molecular weight excluding hydrogens is 232 g/mol. The number of carbonyl (C=O) groups excluding carboxylic acids is 1. The maximum absolute atomic E-state index is 11.4. The fourth-order valence-electron chi connectivity index (χ4n) is 1.50. The summed E-state index contributed by atoms with van der Waals surface area (Å²) < 4.78 is 9.82. The highest BCUT2D eigenvalue weighted by Crippen LogP contribution is 2.18. The van der Waals surface area contributed by atoms with E-state index in [0.717, 1.165) is 12.0 Å². The topological polar surface area (TPSA) is 65.2 Å². The average molecular weight is 246 g/mol. The molecule has 0 fully saturated rings. The van der Waals surface area contributed by atoms with Gasteiger partial charge in [-0.15, -0.1) is 0 Å². The number of esters is 1. The van der Waals surface area contributed by atoms with Crippen molar-refractivity contribution in [2.45, 2.75) is 20.3 Å². The Hall–Kier alpha value is -2.17. The summed E-state index contributed by atoms with van der Waals surface area (Å²) >= 11 is 0. The van der Waals surface area contributed by atoms with Crippen molar-refractivity contribution in [2.24, 2.45) is 0 Å². The van der Waals surface area contributed by atoms with Crippen LogP contribution in [0, 0.1) is 0 Å². The molecule has 1 aromatic carbocycles. The minimum atomic E-state index is -0.572. The van der Waals surface area contributed by atoms with E-state index in [4.69, 9.17) is 9.26 Å². The summed E-state index contributed by atoms with van der Waals surface area (Å²) in [5.41, 5.74) is 2.01. The highest BCUT2D eigenvalue weighted by atomic mass is 16.5. The SMILES string of the molecule is CCOC(=O)c1noc(-c2ccc(CC)cc2)n1. The molecule has 18 heavy (non-hydrogen) atoms. The largest absolute Gasteiger partial charge is 0.460 e. The molecule has 2 rings (SSSR count). The zero-order valence-electron chi connectivity index (χ0n) is 10.3. The van der Waals surface area contributed by atoms with E-state index >= 15 is 0 Å². The van der Waals surface area contributed by atoms with Crippen LogP contribution in [0.15, 0.2) is 28.8 Å². The van der Waals surface area contributed by atoms with Gasteiger partial charge in [-0.3, -0.25) is 0 Å². The van der Waals surface area contributed by atoms with Crippen molar-refractivity contribution in [3.05, 3.63) is 35.7 Å². The molecule has 0 aliphatic carbocycles. The van der Waals surface area contributed by atoms with E-state index in [2.05, 4.69) is 17.1 Å². The number of hydrogen-bond acceptors (Lipinski definition) is 5. The van der Waals surface area contributed by atoms with Gasteiger partial charge in [0.25, 0.3) is 11.7 Å². The van der Waals surface area contributed by atoms with Crippen LogP contribution in [0.3, 0.4) is 0 Å². The fourth-order valence-corrected chi connectivity index (χ4v) is 1.50. The van der Waals surface area contributed by atoms with Crippen LogP contribution >= 0.6 is 0 Å². The number of benzene rings is 1. The van der Waals surface area contributed by atoms with Gasteiger partial charge in [0.15, 0.2) is 0 Å². The first kappa shape index (κ1) is 12.3. The Morgan fingerprint density at radius 3 is 2.61 bits per heavy atom. The normalized spacial score (nSPS) is 10.3. The molecule has 94 valence electrons. The molecule has 1 heterocycles. The molecule has 0 aliphatic rings. The summed E-state index contributed by atoms with van der Waals surface area (Å²) in [5.74, 6) is -0.301. The summed E-state index contributed by atoms with van der Waals surface area (Å²) in [6.45, 7) is 4.09. The van der Waals surface area contributed by atoms with Crippen LogP contribution in [0.5, 0.6) is 0 Å². The molecule has 0 radical (unpaired) electrons. The van der Waals surface area contributed by atoms with Crippen molar-refractivity contribution in [1.29, 1.82) is 0 Å². The molecule has 0 atom stereocenters. The number of rotatable bonds is 4. The minimum absolute atomic E-state index is 0.0496. The van der Waals surface area contributed by atoms with Gasteiger partial charge in [-0.25, -0.2) is 4.79 Å². The van der Waals surface area contributed by atoms with E-state index in [1.165, 1.54) is 5.56 Å². The summed E-state index contributed by atoms with van der Waals surface area (Å²) in [7, 11) is 0. The van der Waals surface area contributed by atoms with Gasteiger partial charge in [-0.05, 0) is 36.2 Å². The summed E-state index contributed by atoms with van der Waals surface area (Å²) in [6.07, 6.45) is 0.970. The van der Waals surface area contributed by atoms with Crippen LogP contribution in [0.1, 0.15) is 30.0 Å². The number of aromatic nitrogens is 2. The third-order valence-electron chi connectivity index (χ3n) is 2.49. The second-order valence-corrected chi connectivity index (χ2v) is 3.69. The summed E-state index contributed by atoms with van der Waals surface area (Å²) in [4.78, 5) is 15.4. The number of hydrogen-bond donors (Lipinski definition) is 0. The molecule has 0 saturated heterocycles. The average Bonchev–Trinajstić information content (AvgIpc) is 2.89. The maximum atomic E-state index is 11.4. The van der Waals surface area contributed by atoms with Crippen molar-refractivity contribution in [3.63, 3.8) is 0 Å². The van der Waals surface area contributed by atoms with Crippen molar-refractivity contribution in [1.82, 2.24) is 10.1 Å². The van der Waals surface area contributed by atoms with Crippen molar-refractivity contribution >= 4 is 5.97 Å². The van der Waals surface area contributed by atoms with E-state index in [0.29, 0.717) is 5.89 Å². The van der Waals surface area contributed by atoms with Crippen molar-refractivity contribution < 1.29 is 14.1 Å². The highest BCUT2D eigenvalue weighted by Gasteiger charge is 2.16. The van der Waals surface area contributed by atoms with E-state index in [1.54, 1.807) is 6.92 Å². The quantitative estimate of drug-likeness (QED) is 0.775. The van der Waals surface area contributed by atoms with Crippen molar-refractivity contribution in [2.75, 3.05) is 6.61 Å². The van der Waals surface area contributed by atoms with Crippen LogP contribution in [-0.2, 0) is 11.2 Å². The van der Waals surface area contributed by atoms with Gasteiger partial charge in [0.05, 0.1) is 6.61 Å². The zero-order valence-corrected chi connectivity index (χ0v) is 10.3. The molecule has 0 saturated carbocycles. The van der Waals surface area contributed by atoms with Gasteiger partial charge in [-0.1, -0.05) is 19.1 Å². The lowest BCUT2D eigenvalue weighted by Crippen LogP contribution is -2.06. The van der Waals surface area contributed by atoms with E-state index in [-0.39, 0.29) is 12.4 Å². The predicted octanol–water partition coefficient (Wildman–Crippen LogP) is 2.48. The molecule has 1 aromatic heterocycles. The lowest BCUT2D eigenvalue weighted by molar-refractivity contribution is 0.0508. The third-order valence-corrected chi connectivity index (χ3v) is 2.49. The molecule has 0 N–H and O–H groups in total. The molecular formula is C13H14N2O3. The minimum Gasteiger partial charge on any atom is -0.460 e. The molecule has 0 bridgehead atoms. The number of aryl methyl sites for hydroxylation is 1. The Balaban J connectivity index is 2.20. The van der Waals surface area contributed by atoms with E-state index < -0.39 is 5.97 Å². The molecule has 0 amide bonds. The van der Waals surface area contributed by atoms with Crippen LogP contribution < -0.4 is 0 Å². The van der Waals surface area contributed by atoms with Crippen LogP contribution in [0.4, 0.5) is 0 Å². The number of nitrogens with zero attached hydrogens (tertiary/aromatic N) is 2. The first-order valence-electron chi connectivity index (χ1n) is 5.84. The molecule has 0 aliphatic heterocycles. The Bertz CT molecular complexity index is 531. The van der Waals surface area contributed by atoms with Gasteiger partial charge in [0, 0.05) is 5.56 Å². The summed E-state index contributed by atoms with van der Waals surface area (Å²) in [5, 5.41) is 3.59. The van der Waals surface area contributed by atoms with Crippen LogP contribution in [0.25, 0.3) is 11.5 Å². The Morgan fingerprint density at radius 2 is 2.00 bits per heavy atom. The van der Waals surface area contributed by atoms with Gasteiger partial charge < -0.3 is 9.26 Å². The number of ether oxygens (including phenoxy) is 1. The first-order chi connectivity index (χ1) is 8.74. The van der Waals surface area contributed by atoms with Crippen LogP contribution in [-0.4, -0.2) is 22.7 Å². The predicted molar refractivity (Wildman–Crippen MR) is 65.1 cm³/mol. The Morgan fingerprint density at radius 1 is 1.28 bits per heavy atom. The van der Waals surface area contributed by atoms with Crippen molar-refractivity contribution in [3.8, 4) is 11.5 Å². The fraction of sp³-hybridized carbons (Fsp3) is 0.308. The van der Waals surface area contributed by atoms with E-state index in [1.807, 2.05) is 24.3 Å². The molecule has 2 aromatic rings. The maximum Gasteiger partial charge on any atom is 0.379 e. The first-order valence-corrected chi connectivity index (χ1v) is 5.84. The van der Waals surface area contributed by atoms with Gasteiger partial charge >= 0.3 is 5.97 Å². The molecule has 0 spiro atoms. The van der Waals surface area contributed by atoms with Gasteiger partial charge in [0.2, 0.25) is 0 Å². The van der Waals surface area contributed by atoms with Gasteiger partial charge in [0.1, 0.15) is 0 Å². The lowest BCUT2D eigenvalue weighted by Gasteiger charge is -1.97. The third kappa shape index (κ3) is 2.56. The highest BCUT2D eigenvalue weighted by molar-refractivity contribution is 5.85. The Labute approximate surface area is 105 Å². The molecule has 5 nitrogen and oxygen atoms in total. The number of carbonyl (C=O) groups is 1. The second-order valence-electron chi connectivity index (χ2n) is 3.69. The second kappa shape index (κ2) is 5.44. The zero-order chi connectivity index (χ0) is 13.0.